The van der Waals surface area contributed by atoms with Crippen molar-refractivity contribution in [1.82, 2.24) is 10.2 Å². The molecule has 0 fully saturated rings. The summed E-state index contributed by atoms with van der Waals surface area (Å²) in [6.45, 7) is 6.73. The molecule has 0 heterocycles. The first-order valence-corrected chi connectivity index (χ1v) is 14.4. The number of carbonyl (C=O) groups is 2. The molecular weight excluding hydrogens is 541 g/mol. The summed E-state index contributed by atoms with van der Waals surface area (Å²) < 4.78 is 43.1. The minimum Gasteiger partial charge on any atom is -0.354 e. The second kappa shape index (κ2) is 13.1. The van der Waals surface area contributed by atoms with Gasteiger partial charge in [-0.15, -0.1) is 0 Å². The van der Waals surface area contributed by atoms with Crippen molar-refractivity contribution in [3.8, 4) is 0 Å². The summed E-state index contributed by atoms with van der Waals surface area (Å²) in [4.78, 5) is 28.0. The number of aryl methyl sites for hydroxylation is 1. The average molecular weight is 574 g/mol. The van der Waals surface area contributed by atoms with E-state index in [1.54, 1.807) is 30.3 Å². The third-order valence-corrected chi connectivity index (χ3v) is 8.25. The Balaban J connectivity index is 2.03. The molecule has 1 N–H and O–H groups in total. The number of halogens is 2. The molecule has 39 heavy (non-hydrogen) atoms. The van der Waals surface area contributed by atoms with E-state index >= 15 is 0 Å². The summed E-state index contributed by atoms with van der Waals surface area (Å²) in [5, 5.41) is 2.92. The van der Waals surface area contributed by atoms with Gasteiger partial charge in [-0.25, -0.2) is 12.8 Å². The molecule has 3 aromatic rings. The Morgan fingerprint density at radius 2 is 1.56 bits per heavy atom. The number of carbonyl (C=O) groups excluding carboxylic acids is 2. The Labute approximate surface area is 234 Å². The lowest BCUT2D eigenvalue weighted by Crippen LogP contribution is -2.51. The normalized spacial score (nSPS) is 12.2. The van der Waals surface area contributed by atoms with Crippen molar-refractivity contribution in [3.05, 3.63) is 94.8 Å². The van der Waals surface area contributed by atoms with Crippen LogP contribution in [0.3, 0.4) is 0 Å². The first-order chi connectivity index (χ1) is 18.4. The molecule has 0 saturated carbocycles. The lowest BCUT2D eigenvalue weighted by atomic mass is 10.1. The van der Waals surface area contributed by atoms with Crippen LogP contribution in [0.5, 0.6) is 0 Å². The molecule has 3 rings (SSSR count). The van der Waals surface area contributed by atoms with Gasteiger partial charge in [-0.3, -0.25) is 13.9 Å². The number of amides is 2. The fourth-order valence-electron chi connectivity index (χ4n) is 3.85. The van der Waals surface area contributed by atoms with E-state index in [2.05, 4.69) is 5.32 Å². The molecule has 0 radical (unpaired) electrons. The number of rotatable bonds is 11. The van der Waals surface area contributed by atoms with E-state index in [0.717, 1.165) is 9.87 Å². The van der Waals surface area contributed by atoms with Gasteiger partial charge < -0.3 is 10.2 Å². The number of nitrogens with one attached hydrogen (secondary N) is 1. The second-order valence-corrected chi connectivity index (χ2v) is 12.0. The van der Waals surface area contributed by atoms with Gasteiger partial charge in [0, 0.05) is 18.7 Å². The molecule has 10 heteroatoms. The number of hydrogen-bond acceptors (Lipinski definition) is 4. The molecule has 0 spiro atoms. The largest absolute Gasteiger partial charge is 0.354 e. The minimum atomic E-state index is -4.24. The second-order valence-electron chi connectivity index (χ2n) is 9.70. The Morgan fingerprint density at radius 3 is 2.18 bits per heavy atom. The SMILES string of the molecule is Cc1ccc(S(=O)(=O)N(CC(=O)N(Cc2ccccc2F)[C@@H](C)C(=O)NCC(C)C)c2ccccc2Cl)cc1. The monoisotopic (exact) mass is 573 g/mol. The van der Waals surface area contributed by atoms with Gasteiger partial charge in [0.2, 0.25) is 11.8 Å². The molecule has 7 nitrogen and oxygen atoms in total. The molecule has 208 valence electrons. The molecule has 1 atom stereocenters. The lowest BCUT2D eigenvalue weighted by molar-refractivity contribution is -0.139. The van der Waals surface area contributed by atoms with Crippen LogP contribution in [0.1, 0.15) is 31.9 Å². The van der Waals surface area contributed by atoms with Crippen molar-refractivity contribution in [3.63, 3.8) is 0 Å². The number of benzene rings is 3. The maximum Gasteiger partial charge on any atom is 0.264 e. The van der Waals surface area contributed by atoms with Crippen molar-refractivity contribution >= 4 is 39.1 Å². The molecule has 0 aromatic heterocycles. The number of para-hydroxylation sites is 1. The van der Waals surface area contributed by atoms with Crippen molar-refractivity contribution < 1.29 is 22.4 Å². The number of hydrogen-bond donors (Lipinski definition) is 1. The highest BCUT2D eigenvalue weighted by molar-refractivity contribution is 7.92. The predicted octanol–water partition coefficient (Wildman–Crippen LogP) is 5.17. The van der Waals surface area contributed by atoms with Crippen LogP contribution in [0.15, 0.2) is 77.7 Å². The Bertz CT molecular complexity index is 1410. The molecule has 2 amide bonds. The molecule has 0 aliphatic heterocycles. The van der Waals surface area contributed by atoms with E-state index in [4.69, 9.17) is 11.6 Å². The summed E-state index contributed by atoms with van der Waals surface area (Å²) in [5.74, 6) is -1.49. The highest BCUT2D eigenvalue weighted by Crippen LogP contribution is 2.31. The van der Waals surface area contributed by atoms with E-state index < -0.39 is 40.2 Å². The third kappa shape index (κ3) is 7.58. The highest BCUT2D eigenvalue weighted by atomic mass is 35.5. The van der Waals surface area contributed by atoms with Gasteiger partial charge in [-0.2, -0.15) is 0 Å². The van der Waals surface area contributed by atoms with E-state index in [-0.39, 0.29) is 33.6 Å². The van der Waals surface area contributed by atoms with Gasteiger partial charge in [0.1, 0.15) is 18.4 Å². The van der Waals surface area contributed by atoms with Crippen molar-refractivity contribution in [2.75, 3.05) is 17.4 Å². The van der Waals surface area contributed by atoms with E-state index in [1.807, 2.05) is 20.8 Å². The molecule has 0 unspecified atom stereocenters. The van der Waals surface area contributed by atoms with Crippen LogP contribution in [0.4, 0.5) is 10.1 Å². The van der Waals surface area contributed by atoms with Gasteiger partial charge in [0.05, 0.1) is 15.6 Å². The highest BCUT2D eigenvalue weighted by Gasteiger charge is 2.33. The molecule has 0 saturated heterocycles. The first kappa shape index (κ1) is 30.1. The van der Waals surface area contributed by atoms with Crippen molar-refractivity contribution in [2.45, 2.75) is 45.2 Å². The maximum absolute atomic E-state index is 14.6. The maximum atomic E-state index is 14.6. The fraction of sp³-hybridized carbons (Fsp3) is 0.310. The quantitative estimate of drug-likeness (QED) is 0.343. The summed E-state index contributed by atoms with van der Waals surface area (Å²) in [6, 6.07) is 17.4. The summed E-state index contributed by atoms with van der Waals surface area (Å²) in [5.41, 5.74) is 1.17. The summed E-state index contributed by atoms with van der Waals surface area (Å²) in [7, 11) is -4.24. The number of anilines is 1. The van der Waals surface area contributed by atoms with Gasteiger partial charge in [0.15, 0.2) is 0 Å². The fourth-order valence-corrected chi connectivity index (χ4v) is 5.57. The standard InChI is InChI=1S/C29H33ClFN3O4S/c1-20(2)17-32-29(36)22(4)33(18-23-9-5-7-11-26(23)31)28(35)19-34(27-12-8-6-10-25(27)30)39(37,38)24-15-13-21(3)14-16-24/h5-16,20,22H,17-19H2,1-4H3,(H,32,36)/t22-/m0/s1. The van der Waals surface area contributed by atoms with Crippen LogP contribution in [0, 0.1) is 18.7 Å². The first-order valence-electron chi connectivity index (χ1n) is 12.6. The van der Waals surface area contributed by atoms with Crippen LogP contribution in [0.2, 0.25) is 5.02 Å². The molecule has 0 bridgehead atoms. The summed E-state index contributed by atoms with van der Waals surface area (Å²) in [6.07, 6.45) is 0. The molecular formula is C29H33ClFN3O4S. The Kier molecular flexibility index (Phi) is 10.1. The molecule has 0 aliphatic rings. The van der Waals surface area contributed by atoms with Crippen LogP contribution >= 0.6 is 11.6 Å². The van der Waals surface area contributed by atoms with Crippen molar-refractivity contribution in [1.29, 1.82) is 0 Å². The summed E-state index contributed by atoms with van der Waals surface area (Å²) >= 11 is 6.39. The van der Waals surface area contributed by atoms with Crippen molar-refractivity contribution in [2.24, 2.45) is 5.92 Å². The topological polar surface area (TPSA) is 86.8 Å². The Hall–Kier alpha value is -3.43. The van der Waals surface area contributed by atoms with E-state index in [1.165, 1.54) is 54.3 Å². The van der Waals surface area contributed by atoms with Gasteiger partial charge in [-0.1, -0.05) is 73.5 Å². The Morgan fingerprint density at radius 1 is 0.949 bits per heavy atom. The zero-order chi connectivity index (χ0) is 28.7. The average Bonchev–Trinajstić information content (AvgIpc) is 2.90. The lowest BCUT2D eigenvalue weighted by Gasteiger charge is -2.32. The number of sulfonamides is 1. The zero-order valence-corrected chi connectivity index (χ0v) is 24.0. The smallest absolute Gasteiger partial charge is 0.264 e. The minimum absolute atomic E-state index is 0.0239. The number of nitrogens with zero attached hydrogens (tertiary/aromatic N) is 2. The van der Waals surface area contributed by atoms with Gasteiger partial charge in [0.25, 0.3) is 10.0 Å². The molecule has 3 aromatic carbocycles. The van der Waals surface area contributed by atoms with Crippen LogP contribution in [-0.2, 0) is 26.2 Å². The van der Waals surface area contributed by atoms with E-state index in [9.17, 15) is 22.4 Å². The van der Waals surface area contributed by atoms with Gasteiger partial charge >= 0.3 is 0 Å². The van der Waals surface area contributed by atoms with Crippen LogP contribution < -0.4 is 9.62 Å². The van der Waals surface area contributed by atoms with Crippen LogP contribution in [0.25, 0.3) is 0 Å². The van der Waals surface area contributed by atoms with Crippen LogP contribution in [-0.4, -0.2) is 44.3 Å². The molecule has 0 aliphatic carbocycles. The predicted molar refractivity (Wildman–Crippen MR) is 151 cm³/mol. The van der Waals surface area contributed by atoms with Gasteiger partial charge in [-0.05, 0) is 50.1 Å². The zero-order valence-electron chi connectivity index (χ0n) is 22.4. The van der Waals surface area contributed by atoms with E-state index in [0.29, 0.717) is 6.54 Å². The third-order valence-electron chi connectivity index (χ3n) is 6.16.